The first-order chi connectivity index (χ1) is 10.0. The predicted molar refractivity (Wildman–Crippen MR) is 83.0 cm³/mol. The van der Waals surface area contributed by atoms with Crippen LogP contribution in [0.3, 0.4) is 0 Å². The SMILES string of the molecule is COC(=O)C(CN1CCC(C(C)C)C1)(NC1CC1)C1CC1. The first kappa shape index (κ1) is 15.3. The summed E-state index contributed by atoms with van der Waals surface area (Å²) in [5, 5.41) is 3.67. The fraction of sp³-hybridized carbons (Fsp3) is 0.941. The molecule has 3 fully saturated rings. The molecule has 3 rings (SSSR count). The molecule has 4 nitrogen and oxygen atoms in total. The van der Waals surface area contributed by atoms with Gasteiger partial charge in [0.1, 0.15) is 5.54 Å². The molecule has 1 heterocycles. The van der Waals surface area contributed by atoms with E-state index in [4.69, 9.17) is 4.74 Å². The molecular formula is C17H30N2O2. The lowest BCUT2D eigenvalue weighted by Crippen LogP contribution is -2.61. The zero-order valence-electron chi connectivity index (χ0n) is 13.7. The minimum absolute atomic E-state index is 0.0371. The molecule has 2 saturated carbocycles. The van der Waals surface area contributed by atoms with Crippen molar-refractivity contribution in [3.05, 3.63) is 0 Å². The number of methoxy groups -OCH3 is 1. The van der Waals surface area contributed by atoms with Gasteiger partial charge in [-0.3, -0.25) is 5.32 Å². The maximum absolute atomic E-state index is 12.6. The van der Waals surface area contributed by atoms with Crippen LogP contribution in [0.2, 0.25) is 0 Å². The number of nitrogens with one attached hydrogen (secondary N) is 1. The Balaban J connectivity index is 1.71. The molecule has 0 spiro atoms. The molecule has 0 radical (unpaired) electrons. The molecule has 1 saturated heterocycles. The van der Waals surface area contributed by atoms with Crippen molar-refractivity contribution in [2.45, 2.75) is 57.5 Å². The first-order valence-corrected chi connectivity index (χ1v) is 8.63. The van der Waals surface area contributed by atoms with Crippen molar-refractivity contribution < 1.29 is 9.53 Å². The van der Waals surface area contributed by atoms with Gasteiger partial charge in [0.05, 0.1) is 7.11 Å². The highest BCUT2D eigenvalue weighted by Crippen LogP contribution is 2.43. The van der Waals surface area contributed by atoms with Crippen molar-refractivity contribution in [3.8, 4) is 0 Å². The molecule has 1 aliphatic heterocycles. The predicted octanol–water partition coefficient (Wildman–Crippen LogP) is 2.04. The van der Waals surface area contributed by atoms with Crippen LogP contribution in [0.1, 0.15) is 46.0 Å². The van der Waals surface area contributed by atoms with Crippen LogP contribution < -0.4 is 5.32 Å². The summed E-state index contributed by atoms with van der Waals surface area (Å²) in [4.78, 5) is 15.1. The summed E-state index contributed by atoms with van der Waals surface area (Å²) in [5.41, 5.74) is -0.443. The van der Waals surface area contributed by atoms with Crippen LogP contribution in [0.15, 0.2) is 0 Å². The van der Waals surface area contributed by atoms with E-state index in [1.807, 2.05) is 0 Å². The Labute approximate surface area is 128 Å². The van der Waals surface area contributed by atoms with Crippen LogP contribution in [0.4, 0.5) is 0 Å². The summed E-state index contributed by atoms with van der Waals surface area (Å²) in [7, 11) is 1.54. The standard InChI is InChI=1S/C17H30N2O2/c1-12(2)13-8-9-19(10-13)11-17(14-4-5-14,16(20)21-3)18-15-6-7-15/h12-15,18H,4-11H2,1-3H3. The van der Waals surface area contributed by atoms with E-state index in [1.54, 1.807) is 0 Å². The summed E-state index contributed by atoms with van der Waals surface area (Å²) in [6.07, 6.45) is 6.01. The van der Waals surface area contributed by atoms with E-state index < -0.39 is 5.54 Å². The highest BCUT2D eigenvalue weighted by molar-refractivity contribution is 5.82. The van der Waals surface area contributed by atoms with Gasteiger partial charge in [-0.25, -0.2) is 4.79 Å². The number of hydrogen-bond acceptors (Lipinski definition) is 4. The molecule has 120 valence electrons. The van der Waals surface area contributed by atoms with E-state index in [9.17, 15) is 4.79 Å². The molecule has 2 aliphatic carbocycles. The van der Waals surface area contributed by atoms with Crippen LogP contribution in [0.5, 0.6) is 0 Å². The van der Waals surface area contributed by atoms with Crippen molar-refractivity contribution in [2.75, 3.05) is 26.7 Å². The quantitative estimate of drug-likeness (QED) is 0.730. The van der Waals surface area contributed by atoms with Crippen molar-refractivity contribution in [2.24, 2.45) is 17.8 Å². The minimum Gasteiger partial charge on any atom is -0.468 e. The van der Waals surface area contributed by atoms with Gasteiger partial charge in [-0.1, -0.05) is 13.8 Å². The molecule has 0 bridgehead atoms. The lowest BCUT2D eigenvalue weighted by atomic mass is 9.91. The van der Waals surface area contributed by atoms with E-state index in [-0.39, 0.29) is 5.97 Å². The van der Waals surface area contributed by atoms with Crippen LogP contribution in [-0.4, -0.2) is 49.2 Å². The fourth-order valence-corrected chi connectivity index (χ4v) is 3.84. The Hall–Kier alpha value is -0.610. The zero-order chi connectivity index (χ0) is 15.0. The topological polar surface area (TPSA) is 41.6 Å². The number of rotatable bonds is 7. The highest BCUT2D eigenvalue weighted by Gasteiger charge is 2.54. The molecule has 3 aliphatic rings. The maximum Gasteiger partial charge on any atom is 0.327 e. The number of ether oxygens (including phenoxy) is 1. The molecule has 0 amide bonds. The monoisotopic (exact) mass is 294 g/mol. The lowest BCUT2D eigenvalue weighted by molar-refractivity contribution is -0.150. The van der Waals surface area contributed by atoms with Crippen LogP contribution in [-0.2, 0) is 9.53 Å². The summed E-state index contributed by atoms with van der Waals surface area (Å²) in [6.45, 7) is 7.72. The first-order valence-electron chi connectivity index (χ1n) is 8.63. The molecule has 0 aromatic carbocycles. The number of carbonyl (C=O) groups excluding carboxylic acids is 1. The summed E-state index contributed by atoms with van der Waals surface area (Å²) in [5.74, 6) is 1.95. The van der Waals surface area contributed by atoms with Crippen molar-refractivity contribution in [3.63, 3.8) is 0 Å². The third-order valence-corrected chi connectivity index (χ3v) is 5.59. The summed E-state index contributed by atoms with van der Waals surface area (Å²) >= 11 is 0. The zero-order valence-corrected chi connectivity index (χ0v) is 13.7. The van der Waals surface area contributed by atoms with Crippen molar-refractivity contribution in [1.82, 2.24) is 10.2 Å². The Bertz CT molecular complexity index is 390. The molecule has 1 N–H and O–H groups in total. The average Bonchev–Trinajstić information content (AvgIpc) is 3.37. The second-order valence-corrected chi connectivity index (χ2v) is 7.68. The van der Waals surface area contributed by atoms with Gasteiger partial charge in [0.15, 0.2) is 0 Å². The van der Waals surface area contributed by atoms with Gasteiger partial charge < -0.3 is 9.64 Å². The number of hydrogen-bond donors (Lipinski definition) is 1. The summed E-state index contributed by atoms with van der Waals surface area (Å²) < 4.78 is 5.20. The average molecular weight is 294 g/mol. The number of likely N-dealkylation sites (tertiary alicyclic amines) is 1. The molecule has 0 aromatic rings. The fourth-order valence-electron chi connectivity index (χ4n) is 3.84. The van der Waals surface area contributed by atoms with Gasteiger partial charge in [0.25, 0.3) is 0 Å². The molecular weight excluding hydrogens is 264 g/mol. The Morgan fingerprint density at radius 1 is 1.29 bits per heavy atom. The van der Waals surface area contributed by atoms with Crippen molar-refractivity contribution in [1.29, 1.82) is 0 Å². The largest absolute Gasteiger partial charge is 0.468 e. The lowest BCUT2D eigenvalue weighted by Gasteiger charge is -2.36. The second kappa shape index (κ2) is 5.88. The number of carbonyl (C=O) groups is 1. The van der Waals surface area contributed by atoms with Crippen LogP contribution in [0, 0.1) is 17.8 Å². The molecule has 2 atom stereocenters. The second-order valence-electron chi connectivity index (χ2n) is 7.68. The summed E-state index contributed by atoms with van der Waals surface area (Å²) in [6, 6.07) is 0.535. The van der Waals surface area contributed by atoms with Gasteiger partial charge in [-0.15, -0.1) is 0 Å². The van der Waals surface area contributed by atoms with Crippen LogP contribution >= 0.6 is 0 Å². The Kier molecular flexibility index (Phi) is 4.28. The number of nitrogens with zero attached hydrogens (tertiary/aromatic N) is 1. The molecule has 0 aromatic heterocycles. The van der Waals surface area contributed by atoms with E-state index in [1.165, 1.54) is 26.4 Å². The van der Waals surface area contributed by atoms with E-state index in [0.29, 0.717) is 12.0 Å². The van der Waals surface area contributed by atoms with E-state index >= 15 is 0 Å². The molecule has 2 unspecified atom stereocenters. The van der Waals surface area contributed by atoms with Crippen molar-refractivity contribution >= 4 is 5.97 Å². The molecule has 4 heteroatoms. The Morgan fingerprint density at radius 3 is 2.48 bits per heavy atom. The van der Waals surface area contributed by atoms with Gasteiger partial charge in [-0.2, -0.15) is 0 Å². The van der Waals surface area contributed by atoms with Gasteiger partial charge in [0, 0.05) is 19.1 Å². The van der Waals surface area contributed by atoms with Gasteiger partial charge in [-0.05, 0) is 56.4 Å². The minimum atomic E-state index is -0.443. The third-order valence-electron chi connectivity index (χ3n) is 5.59. The maximum atomic E-state index is 12.6. The smallest absolute Gasteiger partial charge is 0.327 e. The van der Waals surface area contributed by atoms with Crippen LogP contribution in [0.25, 0.3) is 0 Å². The van der Waals surface area contributed by atoms with Gasteiger partial charge in [0.2, 0.25) is 0 Å². The van der Waals surface area contributed by atoms with E-state index in [0.717, 1.165) is 44.3 Å². The normalized spacial score (nSPS) is 29.6. The van der Waals surface area contributed by atoms with Gasteiger partial charge >= 0.3 is 5.97 Å². The Morgan fingerprint density at radius 2 is 2.00 bits per heavy atom. The molecule has 21 heavy (non-hydrogen) atoms. The number of esters is 1. The van der Waals surface area contributed by atoms with E-state index in [2.05, 4.69) is 24.1 Å². The third kappa shape index (κ3) is 3.26. The highest BCUT2D eigenvalue weighted by atomic mass is 16.5.